The fraction of sp³-hybridized carbons (Fsp3) is 0.700. The van der Waals surface area contributed by atoms with Crippen LogP contribution >= 0.6 is 0 Å². The van der Waals surface area contributed by atoms with Gasteiger partial charge in [0.2, 0.25) is 5.91 Å². The van der Waals surface area contributed by atoms with Crippen LogP contribution in [0, 0.1) is 12.8 Å². The fourth-order valence-corrected chi connectivity index (χ4v) is 4.36. The number of likely N-dealkylation sites (tertiary alicyclic amines) is 1. The lowest BCUT2D eigenvalue weighted by molar-refractivity contribution is -0.142. The van der Waals surface area contributed by atoms with Gasteiger partial charge >= 0.3 is 12.3 Å². The van der Waals surface area contributed by atoms with Crippen LogP contribution in [0.5, 0.6) is 0 Å². The third kappa shape index (κ3) is 5.85. The summed E-state index contributed by atoms with van der Waals surface area (Å²) >= 11 is 0. The van der Waals surface area contributed by atoms with Crippen LogP contribution in [0.1, 0.15) is 49.0 Å². The molecule has 1 aromatic heterocycles. The molecule has 1 unspecified atom stereocenters. The third-order valence-electron chi connectivity index (χ3n) is 5.90. The Morgan fingerprint density at radius 2 is 2.03 bits per heavy atom. The number of nitrogens with one attached hydrogen (secondary N) is 1. The molecule has 0 radical (unpaired) electrons. The Kier molecular flexibility index (Phi) is 7.23. The molecule has 1 aromatic rings. The second-order valence-corrected chi connectivity index (χ2v) is 8.57. The van der Waals surface area contributed by atoms with Gasteiger partial charge in [-0.15, -0.1) is 0 Å². The number of aliphatic hydroxyl groups is 1. The van der Waals surface area contributed by atoms with E-state index in [0.29, 0.717) is 18.9 Å². The first kappa shape index (κ1) is 24.2. The van der Waals surface area contributed by atoms with Crippen molar-refractivity contribution < 1.29 is 33.0 Å². The van der Waals surface area contributed by atoms with E-state index in [1.165, 1.54) is 6.92 Å². The zero-order chi connectivity index (χ0) is 23.6. The van der Waals surface area contributed by atoms with Crippen LogP contribution in [0.25, 0.3) is 0 Å². The summed E-state index contributed by atoms with van der Waals surface area (Å²) in [5.41, 5.74) is -0.713. The van der Waals surface area contributed by atoms with Gasteiger partial charge in [0.05, 0.1) is 11.7 Å². The number of carbonyl (C=O) groups is 2. The number of carboxylic acid groups (broad SMARTS) is 1. The molecule has 0 aliphatic carbocycles. The number of carbonyl (C=O) groups excluding carboxylic acids is 1. The number of halogens is 3. The number of aromatic nitrogens is 2. The van der Waals surface area contributed by atoms with E-state index >= 15 is 0 Å². The highest BCUT2D eigenvalue weighted by molar-refractivity contribution is 5.77. The summed E-state index contributed by atoms with van der Waals surface area (Å²) in [4.78, 5) is 34.3. The van der Waals surface area contributed by atoms with E-state index in [1.54, 1.807) is 9.80 Å². The van der Waals surface area contributed by atoms with Crippen molar-refractivity contribution in [2.24, 2.45) is 5.92 Å². The molecule has 3 atom stereocenters. The molecule has 0 bridgehead atoms. The molecular weight excluding hydrogens is 431 g/mol. The Hall–Kier alpha value is -2.47. The van der Waals surface area contributed by atoms with E-state index in [0.717, 1.165) is 6.42 Å². The second kappa shape index (κ2) is 9.57. The molecular formula is C20H28F3N5O4. The van der Waals surface area contributed by atoms with Crippen LogP contribution in [0.3, 0.4) is 0 Å². The van der Waals surface area contributed by atoms with E-state index in [4.69, 9.17) is 0 Å². The molecule has 32 heavy (non-hydrogen) atoms. The minimum absolute atomic E-state index is 0.00411. The lowest BCUT2D eigenvalue weighted by Gasteiger charge is -2.37. The molecule has 3 N–H and O–H groups in total. The van der Waals surface area contributed by atoms with Gasteiger partial charge in [-0.05, 0) is 25.7 Å². The molecule has 0 spiro atoms. The van der Waals surface area contributed by atoms with Gasteiger partial charge in [0, 0.05) is 44.6 Å². The maximum absolute atomic E-state index is 13.3. The first-order valence-electron chi connectivity index (χ1n) is 10.6. The van der Waals surface area contributed by atoms with Gasteiger partial charge in [0.1, 0.15) is 12.1 Å². The lowest BCUT2D eigenvalue weighted by Crippen LogP contribution is -2.51. The molecule has 12 heteroatoms. The minimum atomic E-state index is -4.59. The SMILES string of the molecule is Cc1nc2c(c(C(F)(F)F)n1)CCN(C(O)C[C@@H](CN1C[C@H](C)CCC1=O)NC(=O)O)C2. The maximum atomic E-state index is 13.3. The molecule has 2 aliphatic heterocycles. The summed E-state index contributed by atoms with van der Waals surface area (Å²) < 4.78 is 40.0. The Balaban J connectivity index is 1.71. The number of aliphatic hydroxyl groups excluding tert-OH is 1. The quantitative estimate of drug-likeness (QED) is 0.593. The summed E-state index contributed by atoms with van der Waals surface area (Å²) in [5, 5.41) is 22.3. The fourth-order valence-electron chi connectivity index (χ4n) is 4.36. The summed E-state index contributed by atoms with van der Waals surface area (Å²) in [5.74, 6) is 0.233. The van der Waals surface area contributed by atoms with Gasteiger partial charge < -0.3 is 20.4 Å². The van der Waals surface area contributed by atoms with Crippen molar-refractivity contribution >= 4 is 12.0 Å². The molecule has 1 fully saturated rings. The number of hydrogen-bond donors (Lipinski definition) is 3. The third-order valence-corrected chi connectivity index (χ3v) is 5.90. The zero-order valence-corrected chi connectivity index (χ0v) is 18.0. The topological polar surface area (TPSA) is 119 Å². The monoisotopic (exact) mass is 459 g/mol. The van der Waals surface area contributed by atoms with Gasteiger partial charge in [0.15, 0.2) is 5.69 Å². The predicted octanol–water partition coefficient (Wildman–Crippen LogP) is 1.77. The number of alkyl halides is 3. The summed E-state index contributed by atoms with van der Waals surface area (Å²) in [6, 6.07) is -0.726. The van der Waals surface area contributed by atoms with Crippen molar-refractivity contribution in [1.29, 1.82) is 0 Å². The number of amides is 2. The van der Waals surface area contributed by atoms with Crippen molar-refractivity contribution in [2.75, 3.05) is 19.6 Å². The van der Waals surface area contributed by atoms with E-state index < -0.39 is 30.2 Å². The average Bonchev–Trinajstić information content (AvgIpc) is 2.68. The number of fused-ring (bicyclic) bond motifs is 1. The highest BCUT2D eigenvalue weighted by atomic mass is 19.4. The highest BCUT2D eigenvalue weighted by Gasteiger charge is 2.39. The Bertz CT molecular complexity index is 866. The van der Waals surface area contributed by atoms with Gasteiger partial charge in [-0.1, -0.05) is 6.92 Å². The van der Waals surface area contributed by atoms with Gasteiger partial charge in [-0.3, -0.25) is 9.69 Å². The first-order valence-corrected chi connectivity index (χ1v) is 10.6. The van der Waals surface area contributed by atoms with Crippen LogP contribution in [0.4, 0.5) is 18.0 Å². The minimum Gasteiger partial charge on any atom is -0.465 e. The van der Waals surface area contributed by atoms with E-state index in [9.17, 15) is 33.0 Å². The zero-order valence-electron chi connectivity index (χ0n) is 18.0. The molecule has 9 nitrogen and oxygen atoms in total. The average molecular weight is 459 g/mol. The maximum Gasteiger partial charge on any atom is 0.433 e. The lowest BCUT2D eigenvalue weighted by atomic mass is 9.98. The van der Waals surface area contributed by atoms with E-state index in [-0.39, 0.29) is 55.5 Å². The normalized spacial score (nSPS) is 21.8. The largest absolute Gasteiger partial charge is 0.465 e. The Morgan fingerprint density at radius 1 is 1.31 bits per heavy atom. The van der Waals surface area contributed by atoms with Crippen LogP contribution < -0.4 is 5.32 Å². The smallest absolute Gasteiger partial charge is 0.433 e. The van der Waals surface area contributed by atoms with Gasteiger partial charge in [-0.2, -0.15) is 13.2 Å². The van der Waals surface area contributed by atoms with Crippen LogP contribution in [0.15, 0.2) is 0 Å². The number of rotatable bonds is 6. The Labute approximate surface area is 183 Å². The summed E-state index contributed by atoms with van der Waals surface area (Å²) in [6.45, 7) is 4.16. The van der Waals surface area contributed by atoms with E-state index in [1.807, 2.05) is 6.92 Å². The van der Waals surface area contributed by atoms with Crippen molar-refractivity contribution in [3.63, 3.8) is 0 Å². The van der Waals surface area contributed by atoms with Crippen LogP contribution in [-0.2, 0) is 23.9 Å². The molecule has 3 heterocycles. The molecule has 1 saturated heterocycles. The molecule has 178 valence electrons. The predicted molar refractivity (Wildman–Crippen MR) is 106 cm³/mol. The standard InChI is InChI=1S/C20H28F3N5O4/c1-11-3-4-16(29)28(8-11)9-13(26-19(31)32)7-17(30)27-6-5-14-15(10-27)24-12(2)25-18(14)20(21,22)23/h11,13,17,26,30H,3-10H2,1-2H3,(H,31,32)/t11-,13+,17?/m1/s1. The van der Waals surface area contributed by atoms with Crippen molar-refractivity contribution in [3.8, 4) is 0 Å². The number of nitrogens with zero attached hydrogens (tertiary/aromatic N) is 4. The van der Waals surface area contributed by atoms with Gasteiger partial charge in [0.25, 0.3) is 0 Å². The van der Waals surface area contributed by atoms with Crippen LogP contribution in [-0.4, -0.2) is 73.9 Å². The van der Waals surface area contributed by atoms with Crippen LogP contribution in [0.2, 0.25) is 0 Å². The highest BCUT2D eigenvalue weighted by Crippen LogP contribution is 2.34. The van der Waals surface area contributed by atoms with Crippen molar-refractivity contribution in [3.05, 3.63) is 22.8 Å². The molecule has 0 aromatic carbocycles. The van der Waals surface area contributed by atoms with E-state index in [2.05, 4.69) is 15.3 Å². The first-order chi connectivity index (χ1) is 14.9. The summed E-state index contributed by atoms with van der Waals surface area (Å²) in [7, 11) is 0. The Morgan fingerprint density at radius 3 is 2.69 bits per heavy atom. The number of hydrogen-bond acceptors (Lipinski definition) is 6. The number of piperidine rings is 1. The van der Waals surface area contributed by atoms with Gasteiger partial charge in [-0.25, -0.2) is 14.8 Å². The summed E-state index contributed by atoms with van der Waals surface area (Å²) in [6.07, 6.45) is -5.82. The second-order valence-electron chi connectivity index (χ2n) is 8.57. The molecule has 0 saturated carbocycles. The van der Waals surface area contributed by atoms with Crippen molar-refractivity contribution in [1.82, 2.24) is 25.1 Å². The molecule has 2 amide bonds. The van der Waals surface area contributed by atoms with Crippen molar-refractivity contribution in [2.45, 2.75) is 64.5 Å². The molecule has 3 rings (SSSR count). The molecule has 2 aliphatic rings. The number of aryl methyl sites for hydroxylation is 1.